The van der Waals surface area contributed by atoms with Gasteiger partial charge in [0.1, 0.15) is 0 Å². The smallest absolute Gasteiger partial charge is 0.338 e. The Hall–Kier alpha value is -3.56. The highest BCUT2D eigenvalue weighted by atomic mass is 35.5. The molecule has 0 saturated carbocycles. The molecule has 0 radical (unpaired) electrons. The Morgan fingerprint density at radius 2 is 2.03 bits per heavy atom. The third-order valence-electron chi connectivity index (χ3n) is 5.08. The van der Waals surface area contributed by atoms with E-state index in [-0.39, 0.29) is 23.4 Å². The number of hydrogen-bond acceptors (Lipinski definition) is 7. The molecule has 1 atom stereocenters. The fraction of sp³-hybridized carbons (Fsp3) is 0.174. The number of rotatable bonds is 5. The highest BCUT2D eigenvalue weighted by Crippen LogP contribution is 2.32. The molecular formula is C23H18ClN3O5S. The zero-order valence-electron chi connectivity index (χ0n) is 17.6. The van der Waals surface area contributed by atoms with Gasteiger partial charge in [-0.25, -0.2) is 9.79 Å². The van der Waals surface area contributed by atoms with Gasteiger partial charge in [-0.15, -0.1) is 0 Å². The van der Waals surface area contributed by atoms with E-state index in [2.05, 4.69) is 4.99 Å². The van der Waals surface area contributed by atoms with Crippen molar-refractivity contribution in [2.24, 2.45) is 4.99 Å². The Labute approximate surface area is 196 Å². The Morgan fingerprint density at radius 3 is 2.70 bits per heavy atom. The molecule has 33 heavy (non-hydrogen) atoms. The summed E-state index contributed by atoms with van der Waals surface area (Å²) in [6, 6.07) is 12.0. The van der Waals surface area contributed by atoms with E-state index in [1.165, 1.54) is 34.1 Å². The molecule has 0 amide bonds. The zero-order chi connectivity index (χ0) is 23.7. The van der Waals surface area contributed by atoms with Crippen LogP contribution >= 0.6 is 22.9 Å². The van der Waals surface area contributed by atoms with Gasteiger partial charge in [-0.05, 0) is 43.2 Å². The summed E-state index contributed by atoms with van der Waals surface area (Å²) in [6.45, 7) is 3.47. The average Bonchev–Trinajstić information content (AvgIpc) is 3.09. The van der Waals surface area contributed by atoms with Crippen LogP contribution in [0.15, 0.2) is 69.6 Å². The minimum absolute atomic E-state index is 0.137. The first-order valence-corrected chi connectivity index (χ1v) is 11.2. The first kappa shape index (κ1) is 22.6. The third kappa shape index (κ3) is 4.37. The lowest BCUT2D eigenvalue weighted by molar-refractivity contribution is -0.384. The van der Waals surface area contributed by atoms with Crippen LogP contribution in [0.3, 0.4) is 0 Å². The van der Waals surface area contributed by atoms with Gasteiger partial charge in [0.05, 0.1) is 33.4 Å². The molecule has 1 aliphatic heterocycles. The monoisotopic (exact) mass is 483 g/mol. The number of halogens is 1. The molecular weight excluding hydrogens is 466 g/mol. The molecule has 0 aliphatic carbocycles. The molecule has 3 aromatic rings. The van der Waals surface area contributed by atoms with Gasteiger partial charge in [-0.2, -0.15) is 0 Å². The standard InChI is InChI=1S/C23H18ClN3O5S/c1-3-32-22(29)19-13(2)25-23-26(20(19)15-5-4-6-17(12-15)27(30)31)21(28)18(33-23)11-14-7-9-16(24)10-8-14/h4-12,20H,3H2,1-2H3/b18-11+/t20-/m0/s1. The van der Waals surface area contributed by atoms with Crippen LogP contribution in [-0.2, 0) is 9.53 Å². The molecule has 168 valence electrons. The summed E-state index contributed by atoms with van der Waals surface area (Å²) in [4.78, 5) is 42.0. The van der Waals surface area contributed by atoms with E-state index in [0.717, 1.165) is 5.56 Å². The van der Waals surface area contributed by atoms with E-state index in [0.29, 0.717) is 25.6 Å². The topological polar surface area (TPSA) is 104 Å². The summed E-state index contributed by atoms with van der Waals surface area (Å²) in [5.74, 6) is -0.623. The predicted octanol–water partition coefficient (Wildman–Crippen LogP) is 3.36. The van der Waals surface area contributed by atoms with E-state index < -0.39 is 16.9 Å². The van der Waals surface area contributed by atoms with Crippen molar-refractivity contribution in [3.05, 3.63) is 106 Å². The van der Waals surface area contributed by atoms with E-state index >= 15 is 0 Å². The quantitative estimate of drug-likeness (QED) is 0.314. The number of carbonyl (C=O) groups excluding carboxylic acids is 1. The van der Waals surface area contributed by atoms with Crippen molar-refractivity contribution in [1.82, 2.24) is 4.57 Å². The number of hydrogen-bond donors (Lipinski definition) is 0. The number of allylic oxidation sites excluding steroid dienone is 1. The van der Waals surface area contributed by atoms with Gasteiger partial charge in [-0.3, -0.25) is 19.5 Å². The zero-order valence-corrected chi connectivity index (χ0v) is 19.2. The summed E-state index contributed by atoms with van der Waals surface area (Å²) < 4.78 is 7.03. The Balaban J connectivity index is 1.97. The molecule has 1 aromatic heterocycles. The van der Waals surface area contributed by atoms with Crippen molar-refractivity contribution < 1.29 is 14.5 Å². The number of thiazole rings is 1. The summed E-state index contributed by atoms with van der Waals surface area (Å²) >= 11 is 7.12. The molecule has 4 rings (SSSR count). The number of nitrogens with zero attached hydrogens (tertiary/aromatic N) is 3. The molecule has 2 heterocycles. The van der Waals surface area contributed by atoms with Crippen LogP contribution in [-0.4, -0.2) is 22.1 Å². The van der Waals surface area contributed by atoms with Crippen LogP contribution in [0.1, 0.15) is 31.0 Å². The van der Waals surface area contributed by atoms with Crippen LogP contribution in [0.4, 0.5) is 5.69 Å². The van der Waals surface area contributed by atoms with Gasteiger partial charge in [-0.1, -0.05) is 47.2 Å². The lowest BCUT2D eigenvalue weighted by Crippen LogP contribution is -2.39. The Morgan fingerprint density at radius 1 is 1.30 bits per heavy atom. The number of ether oxygens (including phenoxy) is 1. The summed E-state index contributed by atoms with van der Waals surface area (Å²) in [7, 11) is 0. The number of benzene rings is 2. The number of non-ortho nitro benzene ring substituents is 1. The average molecular weight is 484 g/mol. The fourth-order valence-corrected chi connectivity index (χ4v) is 4.80. The molecule has 0 N–H and O–H groups in total. The lowest BCUT2D eigenvalue weighted by Gasteiger charge is -2.24. The van der Waals surface area contributed by atoms with Crippen LogP contribution < -0.4 is 14.9 Å². The predicted molar refractivity (Wildman–Crippen MR) is 125 cm³/mol. The molecule has 0 bridgehead atoms. The molecule has 8 nitrogen and oxygen atoms in total. The van der Waals surface area contributed by atoms with Gasteiger partial charge in [0.25, 0.3) is 11.2 Å². The van der Waals surface area contributed by atoms with E-state index in [1.807, 2.05) is 0 Å². The second kappa shape index (κ2) is 9.13. The molecule has 0 unspecified atom stereocenters. The maximum Gasteiger partial charge on any atom is 0.338 e. The van der Waals surface area contributed by atoms with Crippen molar-refractivity contribution >= 4 is 40.7 Å². The highest BCUT2D eigenvalue weighted by molar-refractivity contribution is 7.07. The van der Waals surface area contributed by atoms with Crippen molar-refractivity contribution in [1.29, 1.82) is 0 Å². The molecule has 0 fully saturated rings. The molecule has 10 heteroatoms. The molecule has 0 saturated heterocycles. The summed E-state index contributed by atoms with van der Waals surface area (Å²) in [6.07, 6.45) is 1.72. The van der Waals surface area contributed by atoms with Gasteiger partial charge in [0.2, 0.25) is 0 Å². The number of nitro benzene ring substituents is 1. The fourth-order valence-electron chi connectivity index (χ4n) is 3.63. The summed E-state index contributed by atoms with van der Waals surface area (Å²) in [5.41, 5.74) is 1.25. The van der Waals surface area contributed by atoms with Crippen molar-refractivity contribution in [2.75, 3.05) is 6.61 Å². The largest absolute Gasteiger partial charge is 0.463 e. The highest BCUT2D eigenvalue weighted by Gasteiger charge is 2.34. The third-order valence-corrected chi connectivity index (χ3v) is 6.32. The maximum atomic E-state index is 13.5. The number of carbonyl (C=O) groups is 1. The van der Waals surface area contributed by atoms with Crippen molar-refractivity contribution in [2.45, 2.75) is 19.9 Å². The number of aromatic nitrogens is 1. The maximum absolute atomic E-state index is 13.5. The summed E-state index contributed by atoms with van der Waals surface area (Å²) in [5, 5.41) is 11.9. The SMILES string of the molecule is CCOC(=O)C1=C(C)N=c2s/c(=C/c3ccc(Cl)cc3)c(=O)n2[C@H]1c1cccc([N+](=O)[O-])c1. The van der Waals surface area contributed by atoms with Crippen LogP contribution in [0.2, 0.25) is 5.02 Å². The Bertz CT molecular complexity index is 1470. The second-order valence-electron chi connectivity index (χ2n) is 7.21. The number of esters is 1. The van der Waals surface area contributed by atoms with Crippen molar-refractivity contribution in [3.8, 4) is 0 Å². The van der Waals surface area contributed by atoms with E-state index in [1.54, 1.807) is 50.3 Å². The van der Waals surface area contributed by atoms with E-state index in [9.17, 15) is 19.7 Å². The molecule has 0 spiro atoms. The number of fused-ring (bicyclic) bond motifs is 1. The molecule has 1 aliphatic rings. The first-order chi connectivity index (χ1) is 15.8. The van der Waals surface area contributed by atoms with Crippen LogP contribution in [0, 0.1) is 10.1 Å². The van der Waals surface area contributed by atoms with Gasteiger partial charge in [0.15, 0.2) is 4.80 Å². The van der Waals surface area contributed by atoms with Crippen LogP contribution in [0.25, 0.3) is 6.08 Å². The normalized spacial score (nSPS) is 15.7. The second-order valence-corrected chi connectivity index (χ2v) is 8.65. The van der Waals surface area contributed by atoms with Gasteiger partial charge in [0, 0.05) is 17.2 Å². The number of nitro groups is 1. The lowest BCUT2D eigenvalue weighted by atomic mass is 9.95. The van der Waals surface area contributed by atoms with Gasteiger partial charge < -0.3 is 4.74 Å². The first-order valence-electron chi connectivity index (χ1n) is 9.99. The van der Waals surface area contributed by atoms with Crippen molar-refractivity contribution in [3.63, 3.8) is 0 Å². The van der Waals surface area contributed by atoms with E-state index in [4.69, 9.17) is 16.3 Å². The Kier molecular flexibility index (Phi) is 6.26. The van der Waals surface area contributed by atoms with Crippen LogP contribution in [0.5, 0.6) is 0 Å². The molecule has 2 aromatic carbocycles. The minimum atomic E-state index is -0.910. The van der Waals surface area contributed by atoms with Gasteiger partial charge >= 0.3 is 5.97 Å². The minimum Gasteiger partial charge on any atom is -0.463 e.